The van der Waals surface area contributed by atoms with Crippen LogP contribution >= 0.6 is 0 Å². The monoisotopic (exact) mass is 513 g/mol. The van der Waals surface area contributed by atoms with E-state index < -0.39 is 16.8 Å². The molecule has 0 radical (unpaired) electrons. The third-order valence-electron chi connectivity index (χ3n) is 5.37. The van der Waals surface area contributed by atoms with Gasteiger partial charge in [-0.05, 0) is 68.7 Å². The average molecular weight is 514 g/mol. The van der Waals surface area contributed by atoms with E-state index in [1.165, 1.54) is 0 Å². The molecule has 1 aliphatic rings. The van der Waals surface area contributed by atoms with Gasteiger partial charge in [0.25, 0.3) is 0 Å². The summed E-state index contributed by atoms with van der Waals surface area (Å²) < 4.78 is 16.8. The van der Waals surface area contributed by atoms with Crippen molar-refractivity contribution in [1.29, 1.82) is 0 Å². The number of rotatable bonds is 8. The number of hydrogen-bond acceptors (Lipinski definition) is 9. The summed E-state index contributed by atoms with van der Waals surface area (Å²) in [6, 6.07) is -0.390. The smallest absolute Gasteiger partial charge is 0.323 e. The van der Waals surface area contributed by atoms with Crippen LogP contribution in [0.5, 0.6) is 0 Å². The van der Waals surface area contributed by atoms with Crippen LogP contribution in [0.3, 0.4) is 0 Å². The number of esters is 3. The van der Waals surface area contributed by atoms with E-state index in [0.717, 1.165) is 6.42 Å². The zero-order chi connectivity index (χ0) is 27.7. The summed E-state index contributed by atoms with van der Waals surface area (Å²) >= 11 is 0. The maximum absolute atomic E-state index is 13.1. The highest BCUT2D eigenvalue weighted by Crippen LogP contribution is 2.17. The Labute approximate surface area is 218 Å². The molecule has 1 heterocycles. The number of carbonyl (C=O) groups excluding carboxylic acids is 3. The van der Waals surface area contributed by atoms with Gasteiger partial charge in [0.05, 0.1) is 13.1 Å². The first-order valence-corrected chi connectivity index (χ1v) is 13.2. The van der Waals surface area contributed by atoms with Gasteiger partial charge in [-0.15, -0.1) is 0 Å². The van der Waals surface area contributed by atoms with Gasteiger partial charge >= 0.3 is 17.9 Å². The van der Waals surface area contributed by atoms with Crippen LogP contribution in [0.25, 0.3) is 0 Å². The molecule has 9 heteroatoms. The molecule has 1 fully saturated rings. The minimum atomic E-state index is -0.575. The minimum absolute atomic E-state index is 0.149. The van der Waals surface area contributed by atoms with E-state index in [9.17, 15) is 14.4 Å². The molecule has 0 amide bonds. The summed E-state index contributed by atoms with van der Waals surface area (Å²) in [6.45, 7) is 22.7. The second-order valence-corrected chi connectivity index (χ2v) is 12.6. The molecule has 1 aliphatic heterocycles. The molecule has 1 unspecified atom stereocenters. The summed E-state index contributed by atoms with van der Waals surface area (Å²) in [5, 5.41) is 0. The molecule has 36 heavy (non-hydrogen) atoms. The molecular weight excluding hydrogens is 462 g/mol. The molecular formula is C27H51N3O6. The minimum Gasteiger partial charge on any atom is -0.459 e. The highest BCUT2D eigenvalue weighted by molar-refractivity contribution is 5.76. The number of nitrogens with zero attached hydrogens (tertiary/aromatic N) is 3. The lowest BCUT2D eigenvalue weighted by molar-refractivity contribution is -0.163. The normalized spacial score (nSPS) is 18.5. The second-order valence-electron chi connectivity index (χ2n) is 12.6. The summed E-state index contributed by atoms with van der Waals surface area (Å²) in [4.78, 5) is 44.5. The molecule has 0 aromatic rings. The molecule has 0 saturated carbocycles. The summed E-state index contributed by atoms with van der Waals surface area (Å²) in [5.41, 5.74) is -1.70. The fourth-order valence-corrected chi connectivity index (χ4v) is 3.99. The van der Waals surface area contributed by atoms with Crippen molar-refractivity contribution in [1.82, 2.24) is 14.7 Å². The zero-order valence-corrected chi connectivity index (χ0v) is 24.4. The van der Waals surface area contributed by atoms with Crippen molar-refractivity contribution in [2.45, 2.75) is 105 Å². The van der Waals surface area contributed by atoms with Crippen LogP contribution in [-0.4, -0.2) is 108 Å². The Kier molecular flexibility index (Phi) is 12.3. The van der Waals surface area contributed by atoms with Crippen molar-refractivity contribution in [2.75, 3.05) is 52.4 Å². The van der Waals surface area contributed by atoms with E-state index in [1.54, 1.807) is 0 Å². The SMILES string of the molecule is CCCC(C(=O)OC(C)(C)C)N1CCN(CC(=O)OC(C)(C)C)CCN(CC(=O)OC(C)(C)C)CC1. The van der Waals surface area contributed by atoms with E-state index in [0.29, 0.717) is 45.7 Å². The third kappa shape index (κ3) is 14.1. The zero-order valence-electron chi connectivity index (χ0n) is 24.4. The molecule has 0 aliphatic carbocycles. The summed E-state index contributed by atoms with van der Waals surface area (Å²) in [6.07, 6.45) is 1.51. The topological polar surface area (TPSA) is 88.6 Å². The summed E-state index contributed by atoms with van der Waals surface area (Å²) in [5.74, 6) is -0.811. The highest BCUT2D eigenvalue weighted by atomic mass is 16.6. The van der Waals surface area contributed by atoms with Crippen molar-refractivity contribution in [2.24, 2.45) is 0 Å². The van der Waals surface area contributed by atoms with Gasteiger partial charge in [0, 0.05) is 39.3 Å². The van der Waals surface area contributed by atoms with Gasteiger partial charge < -0.3 is 14.2 Å². The Morgan fingerprint density at radius 2 is 1.00 bits per heavy atom. The van der Waals surface area contributed by atoms with Crippen LogP contribution < -0.4 is 0 Å². The highest BCUT2D eigenvalue weighted by Gasteiger charge is 2.32. The fourth-order valence-electron chi connectivity index (χ4n) is 3.99. The van der Waals surface area contributed by atoms with Crippen LogP contribution in [0.4, 0.5) is 0 Å². The number of ether oxygens (including phenoxy) is 3. The van der Waals surface area contributed by atoms with Crippen LogP contribution in [0.2, 0.25) is 0 Å². The maximum Gasteiger partial charge on any atom is 0.323 e. The van der Waals surface area contributed by atoms with Gasteiger partial charge in [0.2, 0.25) is 0 Å². The van der Waals surface area contributed by atoms with Crippen molar-refractivity contribution < 1.29 is 28.6 Å². The Balaban J connectivity index is 3.09. The van der Waals surface area contributed by atoms with Crippen molar-refractivity contribution in [3.05, 3.63) is 0 Å². The number of carbonyl (C=O) groups is 3. The molecule has 0 aromatic heterocycles. The van der Waals surface area contributed by atoms with Gasteiger partial charge in [-0.1, -0.05) is 13.3 Å². The van der Waals surface area contributed by atoms with Gasteiger partial charge in [-0.25, -0.2) is 0 Å². The van der Waals surface area contributed by atoms with Crippen molar-refractivity contribution >= 4 is 17.9 Å². The van der Waals surface area contributed by atoms with Gasteiger partial charge in [0.1, 0.15) is 22.8 Å². The molecule has 0 N–H and O–H groups in total. The average Bonchev–Trinajstić information content (AvgIpc) is 2.73. The molecule has 1 saturated heterocycles. The van der Waals surface area contributed by atoms with Crippen molar-refractivity contribution in [3.63, 3.8) is 0 Å². The molecule has 0 bridgehead atoms. The standard InChI is InChI=1S/C27H51N3O6/c1-11-12-21(24(33)36-27(8,9)10)30-17-15-28(19-22(31)34-25(2,3)4)13-14-29(16-18-30)20-23(32)35-26(5,6)7/h21H,11-20H2,1-10H3. The van der Waals surface area contributed by atoms with E-state index in [-0.39, 0.29) is 37.0 Å². The molecule has 1 rings (SSSR count). The molecule has 9 nitrogen and oxygen atoms in total. The van der Waals surface area contributed by atoms with Crippen molar-refractivity contribution in [3.8, 4) is 0 Å². The van der Waals surface area contributed by atoms with E-state index in [4.69, 9.17) is 14.2 Å². The molecule has 1 atom stereocenters. The predicted molar refractivity (Wildman–Crippen MR) is 141 cm³/mol. The molecule has 0 aromatic carbocycles. The lowest BCUT2D eigenvalue weighted by Crippen LogP contribution is -2.49. The third-order valence-corrected chi connectivity index (χ3v) is 5.37. The molecule has 0 spiro atoms. The van der Waals surface area contributed by atoms with E-state index in [2.05, 4.69) is 11.8 Å². The largest absolute Gasteiger partial charge is 0.459 e. The van der Waals surface area contributed by atoms with Crippen LogP contribution in [0.1, 0.15) is 82.1 Å². The van der Waals surface area contributed by atoms with Crippen LogP contribution in [0, 0.1) is 0 Å². The molecule has 210 valence electrons. The Morgan fingerprint density at radius 3 is 1.33 bits per heavy atom. The van der Waals surface area contributed by atoms with E-state index >= 15 is 0 Å². The maximum atomic E-state index is 13.1. The van der Waals surface area contributed by atoms with Crippen LogP contribution in [0.15, 0.2) is 0 Å². The summed E-state index contributed by atoms with van der Waals surface area (Å²) in [7, 11) is 0. The Bertz CT molecular complexity index is 678. The van der Waals surface area contributed by atoms with Crippen LogP contribution in [-0.2, 0) is 28.6 Å². The van der Waals surface area contributed by atoms with Gasteiger partial charge in [-0.2, -0.15) is 0 Å². The number of hydrogen-bond donors (Lipinski definition) is 0. The first kappa shape index (κ1) is 32.3. The van der Waals surface area contributed by atoms with Gasteiger partial charge in [0.15, 0.2) is 0 Å². The lowest BCUT2D eigenvalue weighted by Gasteiger charge is -2.33. The predicted octanol–water partition coefficient (Wildman–Crippen LogP) is 3.10. The first-order chi connectivity index (χ1) is 16.4. The quantitative estimate of drug-likeness (QED) is 0.359. The van der Waals surface area contributed by atoms with Gasteiger partial charge in [-0.3, -0.25) is 29.1 Å². The second kappa shape index (κ2) is 13.7. The Hall–Kier alpha value is -1.71. The fraction of sp³-hybridized carbons (Fsp3) is 0.889. The first-order valence-electron chi connectivity index (χ1n) is 13.2. The lowest BCUT2D eigenvalue weighted by atomic mass is 10.1. The van der Waals surface area contributed by atoms with E-state index in [1.807, 2.05) is 72.1 Å². The Morgan fingerprint density at radius 1 is 0.639 bits per heavy atom.